The first-order chi connectivity index (χ1) is 11.4. The number of aromatic nitrogens is 3. The SMILES string of the molecule is CC(C)(N)c1cn(C2CCN(C(=O)CC3=CCCCC3)CC2)nn1. The third-order valence-corrected chi connectivity index (χ3v) is 5.13. The number of nitrogens with two attached hydrogens (primary N) is 1. The van der Waals surface area contributed by atoms with Gasteiger partial charge in [-0.25, -0.2) is 4.68 Å². The summed E-state index contributed by atoms with van der Waals surface area (Å²) in [5, 5.41) is 8.44. The Bertz CT molecular complexity index is 605. The Kier molecular flexibility index (Phi) is 5.04. The van der Waals surface area contributed by atoms with E-state index in [1.54, 1.807) is 0 Å². The summed E-state index contributed by atoms with van der Waals surface area (Å²) in [6.07, 6.45) is 11.4. The van der Waals surface area contributed by atoms with Crippen LogP contribution in [0.1, 0.15) is 70.5 Å². The molecule has 1 aliphatic carbocycles. The first kappa shape index (κ1) is 17.1. The van der Waals surface area contributed by atoms with Gasteiger partial charge >= 0.3 is 0 Å². The Morgan fingerprint density at radius 3 is 2.67 bits per heavy atom. The van der Waals surface area contributed by atoms with E-state index >= 15 is 0 Å². The first-order valence-electron chi connectivity index (χ1n) is 9.10. The van der Waals surface area contributed by atoms with Crippen LogP contribution in [-0.2, 0) is 10.3 Å². The summed E-state index contributed by atoms with van der Waals surface area (Å²) in [6, 6.07) is 0.312. The lowest BCUT2D eigenvalue weighted by Gasteiger charge is -2.32. The van der Waals surface area contributed by atoms with Crippen LogP contribution >= 0.6 is 0 Å². The molecule has 0 saturated carbocycles. The number of carbonyl (C=O) groups excluding carboxylic acids is 1. The summed E-state index contributed by atoms with van der Waals surface area (Å²) in [4.78, 5) is 14.5. The van der Waals surface area contributed by atoms with Crippen LogP contribution in [0.15, 0.2) is 17.8 Å². The Morgan fingerprint density at radius 2 is 2.08 bits per heavy atom. The Hall–Kier alpha value is -1.69. The normalized spacial score (nSPS) is 20.1. The maximum Gasteiger partial charge on any atom is 0.226 e. The largest absolute Gasteiger partial charge is 0.342 e. The predicted octanol–water partition coefficient (Wildman–Crippen LogP) is 2.53. The molecule has 2 heterocycles. The van der Waals surface area contributed by atoms with Crippen molar-refractivity contribution in [3.63, 3.8) is 0 Å². The quantitative estimate of drug-likeness (QED) is 0.860. The van der Waals surface area contributed by atoms with Crippen molar-refractivity contribution in [1.29, 1.82) is 0 Å². The molecule has 1 aromatic rings. The molecule has 1 saturated heterocycles. The van der Waals surface area contributed by atoms with Crippen molar-refractivity contribution >= 4 is 5.91 Å². The minimum absolute atomic E-state index is 0.281. The van der Waals surface area contributed by atoms with Crippen LogP contribution in [0, 0.1) is 0 Å². The molecule has 2 N–H and O–H groups in total. The van der Waals surface area contributed by atoms with Gasteiger partial charge in [-0.05, 0) is 52.4 Å². The van der Waals surface area contributed by atoms with Crippen LogP contribution in [0.3, 0.4) is 0 Å². The number of likely N-dealkylation sites (tertiary alicyclic amines) is 1. The minimum Gasteiger partial charge on any atom is -0.342 e. The Balaban J connectivity index is 1.53. The smallest absolute Gasteiger partial charge is 0.226 e. The maximum atomic E-state index is 12.5. The molecule has 1 amide bonds. The fraction of sp³-hybridized carbons (Fsp3) is 0.722. The number of rotatable bonds is 4. The van der Waals surface area contributed by atoms with Crippen LogP contribution in [0.5, 0.6) is 0 Å². The van der Waals surface area contributed by atoms with Crippen molar-refractivity contribution in [2.24, 2.45) is 5.73 Å². The molecule has 0 aromatic carbocycles. The van der Waals surface area contributed by atoms with E-state index in [-0.39, 0.29) is 5.91 Å². The molecule has 1 aromatic heterocycles. The average molecular weight is 331 g/mol. The lowest BCUT2D eigenvalue weighted by Crippen LogP contribution is -2.39. The summed E-state index contributed by atoms with van der Waals surface area (Å²) in [6.45, 7) is 5.47. The van der Waals surface area contributed by atoms with Crippen molar-refractivity contribution in [2.75, 3.05) is 13.1 Å². The number of hydrogen-bond donors (Lipinski definition) is 1. The number of amides is 1. The van der Waals surface area contributed by atoms with Gasteiger partial charge in [0.05, 0.1) is 17.8 Å². The minimum atomic E-state index is -0.470. The predicted molar refractivity (Wildman–Crippen MR) is 93.3 cm³/mol. The van der Waals surface area contributed by atoms with Gasteiger partial charge in [0.25, 0.3) is 0 Å². The van der Waals surface area contributed by atoms with Gasteiger partial charge in [-0.1, -0.05) is 16.9 Å². The van der Waals surface area contributed by atoms with E-state index in [1.807, 2.05) is 29.6 Å². The van der Waals surface area contributed by atoms with Crippen LogP contribution < -0.4 is 5.73 Å². The van der Waals surface area contributed by atoms with Gasteiger partial charge in [0.15, 0.2) is 0 Å². The van der Waals surface area contributed by atoms with E-state index in [2.05, 4.69) is 16.4 Å². The summed E-state index contributed by atoms with van der Waals surface area (Å²) in [5.74, 6) is 0.281. The van der Waals surface area contributed by atoms with Gasteiger partial charge in [-0.2, -0.15) is 0 Å². The highest BCUT2D eigenvalue weighted by molar-refractivity contribution is 5.78. The molecule has 0 unspecified atom stereocenters. The van der Waals surface area contributed by atoms with E-state index in [1.165, 1.54) is 18.4 Å². The molecule has 0 bridgehead atoms. The van der Waals surface area contributed by atoms with Crippen LogP contribution in [-0.4, -0.2) is 38.9 Å². The number of allylic oxidation sites excluding steroid dienone is 1. The van der Waals surface area contributed by atoms with Crippen molar-refractivity contribution < 1.29 is 4.79 Å². The number of hydrogen-bond acceptors (Lipinski definition) is 4. The zero-order chi connectivity index (χ0) is 17.2. The zero-order valence-corrected chi connectivity index (χ0v) is 14.9. The van der Waals surface area contributed by atoms with Crippen LogP contribution in [0.25, 0.3) is 0 Å². The lowest BCUT2D eigenvalue weighted by molar-refractivity contribution is -0.131. The second kappa shape index (κ2) is 7.05. The fourth-order valence-corrected chi connectivity index (χ4v) is 3.50. The van der Waals surface area contributed by atoms with Crippen LogP contribution in [0.4, 0.5) is 0 Å². The number of nitrogens with zero attached hydrogens (tertiary/aromatic N) is 4. The molecule has 0 spiro atoms. The topological polar surface area (TPSA) is 77.0 Å². The van der Waals surface area contributed by atoms with Gasteiger partial charge in [-0.15, -0.1) is 5.10 Å². The van der Waals surface area contributed by atoms with E-state index in [4.69, 9.17) is 5.73 Å². The molecule has 6 heteroatoms. The molecule has 132 valence electrons. The highest BCUT2D eigenvalue weighted by atomic mass is 16.2. The third-order valence-electron chi connectivity index (χ3n) is 5.13. The van der Waals surface area contributed by atoms with Crippen LogP contribution in [0.2, 0.25) is 0 Å². The first-order valence-corrected chi connectivity index (χ1v) is 9.10. The highest BCUT2D eigenvalue weighted by Crippen LogP contribution is 2.26. The van der Waals surface area contributed by atoms with E-state index in [0.29, 0.717) is 12.5 Å². The van der Waals surface area contributed by atoms with Gasteiger partial charge in [-0.3, -0.25) is 4.79 Å². The average Bonchev–Trinajstić information content (AvgIpc) is 3.06. The second-order valence-electron chi connectivity index (χ2n) is 7.70. The van der Waals surface area contributed by atoms with Crippen molar-refractivity contribution in [3.05, 3.63) is 23.5 Å². The van der Waals surface area contributed by atoms with Crippen molar-refractivity contribution in [3.8, 4) is 0 Å². The standard InChI is InChI=1S/C18H29N5O/c1-18(2,19)16-13-23(21-20-16)15-8-10-22(11-9-15)17(24)12-14-6-4-3-5-7-14/h6,13,15H,3-5,7-12,19H2,1-2H3. The zero-order valence-electron chi connectivity index (χ0n) is 14.9. The molecule has 0 radical (unpaired) electrons. The lowest BCUT2D eigenvalue weighted by atomic mass is 9.96. The van der Waals surface area contributed by atoms with Crippen molar-refractivity contribution in [1.82, 2.24) is 19.9 Å². The molecule has 0 atom stereocenters. The molecular formula is C18H29N5O. The molecule has 6 nitrogen and oxygen atoms in total. The summed E-state index contributed by atoms with van der Waals surface area (Å²) in [7, 11) is 0. The summed E-state index contributed by atoms with van der Waals surface area (Å²) >= 11 is 0. The number of piperidine rings is 1. The Labute approximate surface area is 144 Å². The van der Waals surface area contributed by atoms with Gasteiger partial charge in [0, 0.05) is 19.5 Å². The maximum absolute atomic E-state index is 12.5. The van der Waals surface area contributed by atoms with Crippen molar-refractivity contribution in [2.45, 2.75) is 70.4 Å². The monoisotopic (exact) mass is 331 g/mol. The second-order valence-corrected chi connectivity index (χ2v) is 7.70. The summed E-state index contributed by atoms with van der Waals surface area (Å²) in [5.41, 5.74) is 7.75. The fourth-order valence-electron chi connectivity index (χ4n) is 3.50. The van der Waals surface area contributed by atoms with E-state index in [9.17, 15) is 4.79 Å². The molecular weight excluding hydrogens is 302 g/mol. The number of carbonyl (C=O) groups is 1. The van der Waals surface area contributed by atoms with Gasteiger partial charge in [0.1, 0.15) is 5.69 Å². The third kappa shape index (κ3) is 4.04. The van der Waals surface area contributed by atoms with E-state index < -0.39 is 5.54 Å². The molecule has 1 aliphatic heterocycles. The summed E-state index contributed by atoms with van der Waals surface area (Å²) < 4.78 is 1.93. The van der Waals surface area contributed by atoms with Gasteiger partial charge < -0.3 is 10.6 Å². The molecule has 24 heavy (non-hydrogen) atoms. The highest BCUT2D eigenvalue weighted by Gasteiger charge is 2.26. The molecule has 2 aliphatic rings. The molecule has 1 fully saturated rings. The molecule has 3 rings (SSSR count). The van der Waals surface area contributed by atoms with Gasteiger partial charge in [0.2, 0.25) is 5.91 Å². The van der Waals surface area contributed by atoms with E-state index in [0.717, 1.165) is 44.5 Å². The Morgan fingerprint density at radius 1 is 1.33 bits per heavy atom.